The summed E-state index contributed by atoms with van der Waals surface area (Å²) in [6.07, 6.45) is 3.02. The number of carbonyl (C=O) groups is 2. The van der Waals surface area contributed by atoms with Crippen molar-refractivity contribution in [2.45, 2.75) is 6.54 Å². The van der Waals surface area contributed by atoms with E-state index in [0.717, 1.165) is 12.1 Å². The highest BCUT2D eigenvalue weighted by atomic mass is 16.3. The minimum Gasteiger partial charge on any atom is -0.504 e. The molecule has 142 valence electrons. The average Bonchev–Trinajstić information content (AvgIpc) is 2.71. The Balaban J connectivity index is 1.73. The molecule has 2 aromatic carbocycles. The highest BCUT2D eigenvalue weighted by molar-refractivity contribution is 6.05. The lowest BCUT2D eigenvalue weighted by Gasteiger charge is -2.12. The van der Waals surface area contributed by atoms with E-state index in [-0.39, 0.29) is 18.0 Å². The van der Waals surface area contributed by atoms with Crippen LogP contribution in [-0.4, -0.2) is 32.1 Å². The van der Waals surface area contributed by atoms with Gasteiger partial charge >= 0.3 is 0 Å². The second-order valence-corrected chi connectivity index (χ2v) is 5.90. The Labute approximate surface area is 160 Å². The van der Waals surface area contributed by atoms with Gasteiger partial charge in [-0.3, -0.25) is 14.6 Å². The largest absolute Gasteiger partial charge is 0.504 e. The molecular weight excluding hydrogens is 362 g/mol. The second kappa shape index (κ2) is 8.09. The molecule has 2 amide bonds. The number of aromatic hydroxyl groups is 3. The molecule has 0 atom stereocenters. The molecule has 0 aliphatic rings. The van der Waals surface area contributed by atoms with E-state index in [1.807, 2.05) is 0 Å². The Bertz CT molecular complexity index is 998. The van der Waals surface area contributed by atoms with Crippen molar-refractivity contribution in [3.05, 3.63) is 77.6 Å². The predicted octanol–water partition coefficient (Wildman–Crippen LogP) is 2.38. The fraction of sp³-hybridized carbons (Fsp3) is 0.0500. The number of para-hydroxylation sites is 1. The van der Waals surface area contributed by atoms with Crippen molar-refractivity contribution in [1.82, 2.24) is 10.3 Å². The van der Waals surface area contributed by atoms with Gasteiger partial charge in [-0.15, -0.1) is 0 Å². The molecule has 3 aromatic rings. The van der Waals surface area contributed by atoms with Crippen molar-refractivity contribution in [3.63, 3.8) is 0 Å². The van der Waals surface area contributed by atoms with Crippen molar-refractivity contribution in [3.8, 4) is 17.2 Å². The number of nitrogens with one attached hydrogen (secondary N) is 2. The molecule has 0 unspecified atom stereocenters. The SMILES string of the molecule is O=C(NCc1ccccc1NC(=O)c1cc(O)c(O)c(O)c1)c1cccnc1. The number of nitrogens with zero attached hydrogens (tertiary/aromatic N) is 1. The van der Waals surface area contributed by atoms with E-state index in [1.165, 1.54) is 6.20 Å². The Morgan fingerprint density at radius 2 is 1.61 bits per heavy atom. The molecule has 0 spiro atoms. The van der Waals surface area contributed by atoms with Crippen molar-refractivity contribution < 1.29 is 24.9 Å². The number of anilines is 1. The van der Waals surface area contributed by atoms with Gasteiger partial charge in [-0.1, -0.05) is 18.2 Å². The van der Waals surface area contributed by atoms with Crippen LogP contribution in [0.25, 0.3) is 0 Å². The van der Waals surface area contributed by atoms with Gasteiger partial charge in [0.05, 0.1) is 5.56 Å². The predicted molar refractivity (Wildman–Crippen MR) is 101 cm³/mol. The Hall–Kier alpha value is -4.07. The number of pyridine rings is 1. The molecule has 1 aromatic heterocycles. The summed E-state index contributed by atoms with van der Waals surface area (Å²) in [7, 11) is 0. The summed E-state index contributed by atoms with van der Waals surface area (Å²) in [6.45, 7) is 0.163. The number of phenols is 3. The highest BCUT2D eigenvalue weighted by Gasteiger charge is 2.15. The summed E-state index contributed by atoms with van der Waals surface area (Å²) in [5, 5.41) is 33.9. The smallest absolute Gasteiger partial charge is 0.255 e. The lowest BCUT2D eigenvalue weighted by Crippen LogP contribution is -2.24. The number of hydrogen-bond acceptors (Lipinski definition) is 6. The van der Waals surface area contributed by atoms with Crippen LogP contribution in [0.15, 0.2) is 60.9 Å². The molecule has 0 aliphatic heterocycles. The normalized spacial score (nSPS) is 10.3. The molecule has 0 fully saturated rings. The minimum absolute atomic E-state index is 0.0398. The fourth-order valence-corrected chi connectivity index (χ4v) is 2.50. The second-order valence-electron chi connectivity index (χ2n) is 5.90. The van der Waals surface area contributed by atoms with Crippen LogP contribution in [0.5, 0.6) is 17.2 Å². The third-order valence-electron chi connectivity index (χ3n) is 3.96. The molecule has 0 saturated carbocycles. The number of rotatable bonds is 5. The van der Waals surface area contributed by atoms with E-state index in [0.29, 0.717) is 16.8 Å². The summed E-state index contributed by atoms with van der Waals surface area (Å²) in [6, 6.07) is 12.3. The van der Waals surface area contributed by atoms with Crippen LogP contribution in [0.3, 0.4) is 0 Å². The third kappa shape index (κ3) is 4.18. The molecule has 1 heterocycles. The maximum atomic E-state index is 12.4. The average molecular weight is 379 g/mol. The highest BCUT2D eigenvalue weighted by Crippen LogP contribution is 2.35. The van der Waals surface area contributed by atoms with Crippen molar-refractivity contribution >= 4 is 17.5 Å². The first kappa shape index (κ1) is 18.7. The molecule has 8 nitrogen and oxygen atoms in total. The molecule has 5 N–H and O–H groups in total. The van der Waals surface area contributed by atoms with Crippen molar-refractivity contribution in [2.24, 2.45) is 0 Å². The molecule has 0 bridgehead atoms. The summed E-state index contributed by atoms with van der Waals surface area (Å²) < 4.78 is 0. The molecule has 8 heteroatoms. The summed E-state index contributed by atoms with van der Waals surface area (Å²) in [5.74, 6) is -2.82. The number of carbonyl (C=O) groups excluding carboxylic acids is 2. The monoisotopic (exact) mass is 379 g/mol. The van der Waals surface area contributed by atoms with E-state index >= 15 is 0 Å². The van der Waals surface area contributed by atoms with E-state index in [1.54, 1.807) is 42.6 Å². The van der Waals surface area contributed by atoms with Crippen LogP contribution in [0.1, 0.15) is 26.3 Å². The molecule has 0 aliphatic carbocycles. The number of amides is 2. The van der Waals surface area contributed by atoms with Gasteiger partial charge in [-0.25, -0.2) is 0 Å². The van der Waals surface area contributed by atoms with E-state index in [4.69, 9.17) is 0 Å². The number of benzene rings is 2. The van der Waals surface area contributed by atoms with Crippen molar-refractivity contribution in [1.29, 1.82) is 0 Å². The van der Waals surface area contributed by atoms with Gasteiger partial charge in [0.15, 0.2) is 17.2 Å². The van der Waals surface area contributed by atoms with Crippen LogP contribution in [0.4, 0.5) is 5.69 Å². The Morgan fingerprint density at radius 3 is 2.29 bits per heavy atom. The van der Waals surface area contributed by atoms with Gasteiger partial charge in [0.2, 0.25) is 0 Å². The van der Waals surface area contributed by atoms with Gasteiger partial charge in [0.25, 0.3) is 11.8 Å². The summed E-state index contributed by atoms with van der Waals surface area (Å²) >= 11 is 0. The minimum atomic E-state index is -0.699. The number of hydrogen-bond donors (Lipinski definition) is 5. The topological polar surface area (TPSA) is 132 Å². The van der Waals surface area contributed by atoms with Crippen LogP contribution in [-0.2, 0) is 6.54 Å². The number of aromatic nitrogens is 1. The standard InChI is InChI=1S/C20H17N3O5/c24-16-8-14(9-17(25)18(16)26)20(28)23-15-6-2-1-4-12(15)11-22-19(27)13-5-3-7-21-10-13/h1-10,24-26H,11H2,(H,22,27)(H,23,28). The molecule has 0 radical (unpaired) electrons. The molecule has 0 saturated heterocycles. The number of phenolic OH excluding ortho intramolecular Hbond substituents is 3. The maximum absolute atomic E-state index is 12.4. The van der Waals surface area contributed by atoms with Gasteiger partial charge in [-0.05, 0) is 35.9 Å². The molecular formula is C20H17N3O5. The zero-order valence-corrected chi connectivity index (χ0v) is 14.6. The lowest BCUT2D eigenvalue weighted by atomic mass is 10.1. The van der Waals surface area contributed by atoms with Crippen LogP contribution in [0.2, 0.25) is 0 Å². The zero-order valence-electron chi connectivity index (χ0n) is 14.6. The van der Waals surface area contributed by atoms with Gasteiger partial charge in [0.1, 0.15) is 0 Å². The van der Waals surface area contributed by atoms with Crippen LogP contribution in [0, 0.1) is 0 Å². The first-order chi connectivity index (χ1) is 13.5. The van der Waals surface area contributed by atoms with Crippen LogP contribution < -0.4 is 10.6 Å². The van der Waals surface area contributed by atoms with Crippen molar-refractivity contribution in [2.75, 3.05) is 5.32 Å². The van der Waals surface area contributed by atoms with Gasteiger partial charge in [0, 0.05) is 30.2 Å². The Kier molecular flexibility index (Phi) is 5.40. The van der Waals surface area contributed by atoms with Gasteiger partial charge in [-0.2, -0.15) is 0 Å². The Morgan fingerprint density at radius 1 is 0.893 bits per heavy atom. The fourth-order valence-electron chi connectivity index (χ4n) is 2.50. The quantitative estimate of drug-likeness (QED) is 0.433. The maximum Gasteiger partial charge on any atom is 0.255 e. The lowest BCUT2D eigenvalue weighted by molar-refractivity contribution is 0.0950. The van der Waals surface area contributed by atoms with Crippen LogP contribution >= 0.6 is 0 Å². The van der Waals surface area contributed by atoms with E-state index in [2.05, 4.69) is 15.6 Å². The van der Waals surface area contributed by atoms with E-state index in [9.17, 15) is 24.9 Å². The molecule has 28 heavy (non-hydrogen) atoms. The third-order valence-corrected chi connectivity index (χ3v) is 3.96. The summed E-state index contributed by atoms with van der Waals surface area (Å²) in [5.41, 5.74) is 1.48. The zero-order chi connectivity index (χ0) is 20.1. The first-order valence-corrected chi connectivity index (χ1v) is 8.28. The summed E-state index contributed by atoms with van der Waals surface area (Å²) in [4.78, 5) is 28.5. The van der Waals surface area contributed by atoms with E-state index < -0.39 is 23.2 Å². The first-order valence-electron chi connectivity index (χ1n) is 8.28. The molecule has 3 rings (SSSR count). The van der Waals surface area contributed by atoms with Gasteiger partial charge < -0.3 is 26.0 Å².